The van der Waals surface area contributed by atoms with Crippen molar-refractivity contribution < 1.29 is 0 Å². The van der Waals surface area contributed by atoms with E-state index in [0.29, 0.717) is 0 Å². The van der Waals surface area contributed by atoms with Crippen LogP contribution in [0.25, 0.3) is 11.1 Å². The van der Waals surface area contributed by atoms with Crippen LogP contribution in [0.1, 0.15) is 37.6 Å². The van der Waals surface area contributed by atoms with E-state index in [-0.39, 0.29) is 5.41 Å². The fraction of sp³-hybridized carbons (Fsp3) is 0.471. The Kier molecular flexibility index (Phi) is 3.63. The van der Waals surface area contributed by atoms with E-state index in [2.05, 4.69) is 57.9 Å². The zero-order chi connectivity index (χ0) is 15.1. The zero-order valence-electron chi connectivity index (χ0n) is 13.4. The van der Waals surface area contributed by atoms with Gasteiger partial charge in [-0.15, -0.1) is 0 Å². The average Bonchev–Trinajstić information content (AvgIpc) is 2.56. The van der Waals surface area contributed by atoms with Gasteiger partial charge in [0.25, 0.3) is 0 Å². The Bertz CT molecular complexity index is 630. The molecule has 1 aromatic carbocycles. The van der Waals surface area contributed by atoms with Crippen molar-refractivity contribution in [3.63, 3.8) is 0 Å². The van der Waals surface area contributed by atoms with E-state index in [1.165, 1.54) is 11.1 Å². The Hall–Kier alpha value is -1.77. The van der Waals surface area contributed by atoms with Crippen molar-refractivity contribution >= 4 is 5.82 Å². The van der Waals surface area contributed by atoms with E-state index in [1.54, 1.807) is 4.68 Å². The van der Waals surface area contributed by atoms with Crippen LogP contribution in [0.2, 0.25) is 0 Å². The lowest BCUT2D eigenvalue weighted by atomic mass is 9.88. The molecule has 0 saturated heterocycles. The fourth-order valence-electron chi connectivity index (χ4n) is 2.43. The van der Waals surface area contributed by atoms with Crippen LogP contribution in [-0.4, -0.2) is 9.78 Å². The lowest BCUT2D eigenvalue weighted by molar-refractivity contribution is 0.405. The molecule has 2 N–H and O–H groups in total. The Labute approximate surface area is 121 Å². The van der Waals surface area contributed by atoms with Gasteiger partial charge in [0, 0.05) is 12.6 Å². The molecular formula is C17H25N3. The molecule has 1 heterocycles. The Morgan fingerprint density at radius 3 is 2.35 bits per heavy atom. The predicted octanol–water partition coefficient (Wildman–Crippen LogP) is 3.87. The fourth-order valence-corrected chi connectivity index (χ4v) is 2.43. The summed E-state index contributed by atoms with van der Waals surface area (Å²) in [6.45, 7) is 10.9. The standard InChI is InChI=1S/C17H25N3/c1-11-7-8-13(9-12(11)2)15-14(10-17(3,4)5)19-20(6)16(15)18/h7-9H,10,18H2,1-6H3. The maximum atomic E-state index is 6.24. The maximum absolute atomic E-state index is 6.24. The van der Waals surface area contributed by atoms with Gasteiger partial charge in [0.2, 0.25) is 0 Å². The summed E-state index contributed by atoms with van der Waals surface area (Å²) in [5.74, 6) is 0.743. The van der Waals surface area contributed by atoms with Crippen LogP contribution >= 0.6 is 0 Å². The van der Waals surface area contributed by atoms with Crippen molar-refractivity contribution in [1.82, 2.24) is 9.78 Å². The number of aromatic nitrogens is 2. The lowest BCUT2D eigenvalue weighted by Crippen LogP contribution is -2.10. The molecule has 0 unspecified atom stereocenters. The van der Waals surface area contributed by atoms with Crippen LogP contribution < -0.4 is 5.73 Å². The topological polar surface area (TPSA) is 43.8 Å². The van der Waals surface area contributed by atoms with Crippen LogP contribution in [0.15, 0.2) is 18.2 Å². The Morgan fingerprint density at radius 2 is 1.80 bits per heavy atom. The predicted molar refractivity (Wildman–Crippen MR) is 85.7 cm³/mol. The lowest BCUT2D eigenvalue weighted by Gasteiger charge is -2.17. The van der Waals surface area contributed by atoms with E-state index in [9.17, 15) is 0 Å². The summed E-state index contributed by atoms with van der Waals surface area (Å²) in [4.78, 5) is 0. The summed E-state index contributed by atoms with van der Waals surface area (Å²) in [7, 11) is 1.91. The highest BCUT2D eigenvalue weighted by Crippen LogP contribution is 2.34. The number of aryl methyl sites for hydroxylation is 3. The number of nitrogens with two attached hydrogens (primary N) is 1. The second-order valence-electron chi connectivity index (χ2n) is 6.87. The van der Waals surface area contributed by atoms with E-state index >= 15 is 0 Å². The van der Waals surface area contributed by atoms with Crippen molar-refractivity contribution in [2.45, 2.75) is 41.0 Å². The Morgan fingerprint density at radius 1 is 1.15 bits per heavy atom. The van der Waals surface area contributed by atoms with Crippen molar-refractivity contribution in [3.05, 3.63) is 35.0 Å². The minimum absolute atomic E-state index is 0.190. The van der Waals surface area contributed by atoms with Gasteiger partial charge in [-0.25, -0.2) is 0 Å². The number of hydrogen-bond donors (Lipinski definition) is 1. The molecular weight excluding hydrogens is 246 g/mol. The molecule has 0 radical (unpaired) electrons. The number of rotatable bonds is 2. The molecule has 3 heteroatoms. The first-order valence-corrected chi connectivity index (χ1v) is 7.08. The van der Waals surface area contributed by atoms with Crippen LogP contribution in [0.3, 0.4) is 0 Å². The van der Waals surface area contributed by atoms with Gasteiger partial charge in [0.05, 0.1) is 5.69 Å². The molecule has 0 fully saturated rings. The smallest absolute Gasteiger partial charge is 0.129 e. The average molecular weight is 271 g/mol. The summed E-state index contributed by atoms with van der Waals surface area (Å²) in [5, 5.41) is 4.62. The molecule has 1 aromatic heterocycles. The number of hydrogen-bond acceptors (Lipinski definition) is 2. The first-order valence-electron chi connectivity index (χ1n) is 7.08. The molecule has 2 aromatic rings. The number of anilines is 1. The molecule has 0 aliphatic carbocycles. The van der Waals surface area contributed by atoms with Gasteiger partial charge in [0.1, 0.15) is 5.82 Å². The molecule has 0 saturated carbocycles. The minimum atomic E-state index is 0.190. The van der Waals surface area contributed by atoms with Gasteiger partial charge in [-0.1, -0.05) is 39.0 Å². The molecule has 0 bridgehead atoms. The number of nitrogens with zero attached hydrogens (tertiary/aromatic N) is 2. The molecule has 3 nitrogen and oxygen atoms in total. The molecule has 0 aliphatic heterocycles. The van der Waals surface area contributed by atoms with Crippen LogP contribution in [0.5, 0.6) is 0 Å². The number of nitrogen functional groups attached to an aromatic ring is 1. The largest absolute Gasteiger partial charge is 0.383 e. The molecule has 0 spiro atoms. The molecule has 108 valence electrons. The highest BCUT2D eigenvalue weighted by Gasteiger charge is 2.21. The first-order chi connectivity index (χ1) is 9.19. The third-order valence-corrected chi connectivity index (χ3v) is 3.66. The quantitative estimate of drug-likeness (QED) is 0.901. The SMILES string of the molecule is Cc1ccc(-c2c(CC(C)(C)C)nn(C)c2N)cc1C. The summed E-state index contributed by atoms with van der Waals surface area (Å²) < 4.78 is 1.78. The molecule has 0 amide bonds. The van der Waals surface area contributed by atoms with Gasteiger partial charge >= 0.3 is 0 Å². The van der Waals surface area contributed by atoms with E-state index in [1.807, 2.05) is 7.05 Å². The van der Waals surface area contributed by atoms with Gasteiger partial charge in [0.15, 0.2) is 0 Å². The van der Waals surface area contributed by atoms with Crippen molar-refractivity contribution in [2.75, 3.05) is 5.73 Å². The van der Waals surface area contributed by atoms with E-state index in [0.717, 1.165) is 29.1 Å². The third-order valence-electron chi connectivity index (χ3n) is 3.66. The first kappa shape index (κ1) is 14.6. The second-order valence-corrected chi connectivity index (χ2v) is 6.87. The van der Waals surface area contributed by atoms with Gasteiger partial charge in [-0.05, 0) is 42.4 Å². The molecule has 0 atom stereocenters. The molecule has 0 aliphatic rings. The van der Waals surface area contributed by atoms with Crippen LogP contribution in [0.4, 0.5) is 5.82 Å². The van der Waals surface area contributed by atoms with Crippen molar-refractivity contribution in [3.8, 4) is 11.1 Å². The maximum Gasteiger partial charge on any atom is 0.129 e. The number of benzene rings is 1. The highest BCUT2D eigenvalue weighted by atomic mass is 15.3. The van der Waals surface area contributed by atoms with Gasteiger partial charge in [-0.3, -0.25) is 4.68 Å². The van der Waals surface area contributed by atoms with Crippen LogP contribution in [0, 0.1) is 19.3 Å². The minimum Gasteiger partial charge on any atom is -0.383 e. The second kappa shape index (κ2) is 4.97. The van der Waals surface area contributed by atoms with E-state index < -0.39 is 0 Å². The summed E-state index contributed by atoms with van der Waals surface area (Å²) in [6.07, 6.45) is 0.917. The van der Waals surface area contributed by atoms with Crippen LogP contribution in [-0.2, 0) is 13.5 Å². The summed E-state index contributed by atoms with van der Waals surface area (Å²) in [6, 6.07) is 6.49. The Balaban J connectivity index is 2.57. The van der Waals surface area contributed by atoms with Crippen molar-refractivity contribution in [2.24, 2.45) is 12.5 Å². The summed E-state index contributed by atoms with van der Waals surface area (Å²) >= 11 is 0. The molecule has 2 rings (SSSR count). The van der Waals surface area contributed by atoms with Gasteiger partial charge < -0.3 is 5.73 Å². The normalized spacial score (nSPS) is 11.9. The van der Waals surface area contributed by atoms with Crippen molar-refractivity contribution in [1.29, 1.82) is 0 Å². The van der Waals surface area contributed by atoms with E-state index in [4.69, 9.17) is 5.73 Å². The third kappa shape index (κ3) is 2.87. The van der Waals surface area contributed by atoms with Gasteiger partial charge in [-0.2, -0.15) is 5.10 Å². The zero-order valence-corrected chi connectivity index (χ0v) is 13.4. The monoisotopic (exact) mass is 271 g/mol. The summed E-state index contributed by atoms with van der Waals surface area (Å²) in [5.41, 5.74) is 12.4. The molecule has 20 heavy (non-hydrogen) atoms. The highest BCUT2D eigenvalue weighted by molar-refractivity contribution is 5.77.